The first kappa shape index (κ1) is 60.7. The van der Waals surface area contributed by atoms with Crippen LogP contribution in [0.25, 0.3) is 10.8 Å². The van der Waals surface area contributed by atoms with Gasteiger partial charge in [0.1, 0.15) is 29.1 Å². The number of hydrogen-bond donors (Lipinski definition) is 7. The van der Waals surface area contributed by atoms with Gasteiger partial charge < -0.3 is 54.7 Å². The number of likely N-dealkylation sites (N-methyl/N-ethyl adjacent to an activating group) is 1. The number of hydrogen-bond acceptors (Lipinski definition) is 20. The van der Waals surface area contributed by atoms with Gasteiger partial charge in [-0.25, -0.2) is 0 Å². The highest BCUT2D eigenvalue weighted by Crippen LogP contribution is 2.55. The van der Waals surface area contributed by atoms with Gasteiger partial charge in [0, 0.05) is 99.1 Å². The number of carbonyl (C=O) groups is 3. The number of halogens is 1. The molecule has 81 heavy (non-hydrogen) atoms. The van der Waals surface area contributed by atoms with Crippen molar-refractivity contribution < 1.29 is 58.9 Å². The first-order valence-corrected chi connectivity index (χ1v) is 26.8. The van der Waals surface area contributed by atoms with Gasteiger partial charge in [0.2, 0.25) is 0 Å². The summed E-state index contributed by atoms with van der Waals surface area (Å²) in [5.74, 6) is -7.83. The highest BCUT2D eigenvalue weighted by Gasteiger charge is 2.50. The molecule has 0 radical (unpaired) electrons. The number of methoxy groups -OCH3 is 1. The van der Waals surface area contributed by atoms with E-state index in [2.05, 4.69) is 41.0 Å². The molecule has 5 bridgehead atoms. The summed E-state index contributed by atoms with van der Waals surface area (Å²) in [6, 6.07) is 18.9. The second kappa shape index (κ2) is 26.5. The summed E-state index contributed by atoms with van der Waals surface area (Å²) in [6.07, 6.45) is 6.59. The number of phenolic OH excluding ortho intramolecular Hbond substituents is 3. The number of piperazine rings is 1. The average Bonchev–Trinajstić information content (AvgIpc) is 3.89. The molecule has 1 saturated heterocycles. The summed E-state index contributed by atoms with van der Waals surface area (Å²) < 4.78 is 23.6. The van der Waals surface area contributed by atoms with E-state index in [9.17, 15) is 39.9 Å². The highest BCUT2D eigenvalue weighted by atomic mass is 35.5. The van der Waals surface area contributed by atoms with Gasteiger partial charge in [0.25, 0.3) is 11.7 Å². The Kier molecular flexibility index (Phi) is 19.9. The van der Waals surface area contributed by atoms with Crippen molar-refractivity contribution in [3.63, 3.8) is 0 Å². The number of Topliss-reactive ketones (excluding diaryl/α,β-unsaturated/α-hetero) is 1. The Morgan fingerprint density at radius 2 is 1.59 bits per heavy atom. The Bertz CT molecular complexity index is 3180. The van der Waals surface area contributed by atoms with E-state index >= 15 is 0 Å². The fourth-order valence-electron chi connectivity index (χ4n) is 9.78. The van der Waals surface area contributed by atoms with Crippen LogP contribution in [0.15, 0.2) is 113 Å². The number of aromatic nitrogens is 3. The van der Waals surface area contributed by atoms with Crippen molar-refractivity contribution in [2.45, 2.75) is 85.6 Å². The van der Waals surface area contributed by atoms with Gasteiger partial charge in [-0.05, 0) is 51.2 Å². The van der Waals surface area contributed by atoms with Gasteiger partial charge in [0.15, 0.2) is 16.7 Å². The Morgan fingerprint density at radius 1 is 0.889 bits per heavy atom. The minimum atomic E-state index is -2.04. The minimum absolute atomic E-state index is 0.0559. The molecule has 7 N–H and O–H groups in total. The van der Waals surface area contributed by atoms with Crippen molar-refractivity contribution in [3.05, 3.63) is 136 Å². The quantitative estimate of drug-likeness (QED) is 0.0257. The second-order valence-corrected chi connectivity index (χ2v) is 20.9. The molecule has 0 unspecified atom stereocenters. The molecular formula is C59H70ClN9O12. The van der Waals surface area contributed by atoms with Gasteiger partial charge >= 0.3 is 11.8 Å². The van der Waals surface area contributed by atoms with Crippen LogP contribution in [-0.4, -0.2) is 151 Å². The lowest BCUT2D eigenvalue weighted by molar-refractivity contribution is -0.160. The lowest BCUT2D eigenvalue weighted by atomic mass is 9.78. The number of ketones is 1. The van der Waals surface area contributed by atoms with Gasteiger partial charge in [-0.15, -0.1) is 10.2 Å². The number of aromatic hydroxyl groups is 3. The van der Waals surface area contributed by atoms with E-state index in [-0.39, 0.29) is 44.5 Å². The molecule has 0 aliphatic carbocycles. The molecule has 4 aliphatic rings. The Hall–Kier alpha value is -7.95. The van der Waals surface area contributed by atoms with E-state index in [1.165, 1.54) is 59.4 Å². The van der Waals surface area contributed by atoms with E-state index in [0.717, 1.165) is 30.1 Å². The highest BCUT2D eigenvalue weighted by molar-refractivity contribution is 6.29. The maximum Gasteiger partial charge on any atom is 0.312 e. The average molecular weight is 1130 g/mol. The first-order valence-electron chi connectivity index (χ1n) is 26.4. The third-order valence-electron chi connectivity index (χ3n) is 14.7. The van der Waals surface area contributed by atoms with Gasteiger partial charge in [-0.3, -0.25) is 29.8 Å². The van der Waals surface area contributed by atoms with Crippen LogP contribution in [0.4, 0.5) is 11.5 Å². The van der Waals surface area contributed by atoms with Gasteiger partial charge in [-0.1, -0.05) is 93.9 Å². The van der Waals surface area contributed by atoms with Crippen LogP contribution in [0.3, 0.4) is 0 Å². The molecule has 9 rings (SSSR count). The number of benzene rings is 3. The number of pyridine rings is 1. The molecule has 1 fully saturated rings. The number of aliphatic hydroxyl groups is 2. The fraction of sp³-hybridized carbons (Fsp3) is 0.390. The zero-order valence-corrected chi connectivity index (χ0v) is 47.6. The molecular weight excluding hydrogens is 1060 g/mol. The van der Waals surface area contributed by atoms with Crippen LogP contribution in [0.1, 0.15) is 81.2 Å². The van der Waals surface area contributed by atoms with E-state index in [1.54, 1.807) is 63.2 Å². The fourth-order valence-corrected chi connectivity index (χ4v) is 9.88. The summed E-state index contributed by atoms with van der Waals surface area (Å²) >= 11 is 5.72. The maximum atomic E-state index is 14.4. The van der Waals surface area contributed by atoms with Gasteiger partial charge in [-0.2, -0.15) is 10.2 Å². The Balaban J connectivity index is 0.000000356. The van der Waals surface area contributed by atoms with Gasteiger partial charge in [0.05, 0.1) is 58.7 Å². The minimum Gasteiger partial charge on any atom is -0.507 e. The predicted molar refractivity (Wildman–Crippen MR) is 307 cm³/mol. The van der Waals surface area contributed by atoms with Crippen molar-refractivity contribution in [2.24, 2.45) is 33.9 Å². The number of fused-ring (bicyclic) bond motifs is 14. The molecule has 4 aliphatic heterocycles. The third-order valence-corrected chi connectivity index (χ3v) is 14.9. The molecule has 1 amide bonds. The zero-order chi connectivity index (χ0) is 58.9. The summed E-state index contributed by atoms with van der Waals surface area (Å²) in [5, 5.41) is 79.3. The summed E-state index contributed by atoms with van der Waals surface area (Å²) in [5.41, 5.74) is 4.98. The second-order valence-electron chi connectivity index (χ2n) is 20.5. The summed E-state index contributed by atoms with van der Waals surface area (Å²) in [4.78, 5) is 47.0. The number of aliphatic hydroxyl groups excluding tert-OH is 2. The molecule has 0 spiro atoms. The number of phenols is 3. The van der Waals surface area contributed by atoms with Crippen LogP contribution < -0.4 is 15.5 Å². The molecule has 0 saturated carbocycles. The topological polar surface area (TPSA) is 283 Å². The molecule has 9 atom stereocenters. The van der Waals surface area contributed by atoms with Crippen molar-refractivity contribution in [2.75, 3.05) is 51.1 Å². The number of nitrogens with zero attached hydrogens (tertiary/aromatic N) is 7. The zero-order valence-electron chi connectivity index (χ0n) is 46.9. The predicted octanol–water partition coefficient (Wildman–Crippen LogP) is 7.72. The van der Waals surface area contributed by atoms with Crippen LogP contribution in [-0.2, 0) is 23.8 Å². The first-order chi connectivity index (χ1) is 38.6. The molecule has 6 heterocycles. The molecule has 22 heteroatoms. The van der Waals surface area contributed by atoms with Crippen molar-refractivity contribution >= 4 is 63.5 Å². The Morgan fingerprint density at radius 3 is 2.23 bits per heavy atom. The maximum absolute atomic E-state index is 14.4. The van der Waals surface area contributed by atoms with Crippen LogP contribution >= 0.6 is 11.6 Å². The van der Waals surface area contributed by atoms with Crippen molar-refractivity contribution in [1.82, 2.24) is 25.1 Å². The smallest absolute Gasteiger partial charge is 0.312 e. The number of ether oxygens (including phenoxy) is 4. The number of allylic oxidation sites excluding steroid dienone is 2. The molecule has 3 aromatic carbocycles. The largest absolute Gasteiger partial charge is 0.507 e. The van der Waals surface area contributed by atoms with E-state index in [0.29, 0.717) is 24.1 Å². The normalized spacial score (nSPS) is 26.4. The lowest BCUT2D eigenvalue weighted by Crippen LogP contribution is -2.46. The van der Waals surface area contributed by atoms with Crippen molar-refractivity contribution in [1.29, 1.82) is 0 Å². The SMILES string of the molecule is CO[C@H]1/C=C/O[C@@]2(C)Oc3c(C)c(O)c4c(O)c(c(/C=N\N5CCN(C)CC5)c(O)c4c3C2=O)NC(=O)/C(C)=C\C=C\[C@@H](C)[C@H](O)[C@@H](C)[C@H](O)[C@@H](C)[C@H](OC(C)=O)[C@@H]1C.Clc1ccc(N/N=C(\c2ccccc2)c2ccccn2)nn1. The summed E-state index contributed by atoms with van der Waals surface area (Å²) in [6.45, 7) is 15.1. The van der Waals surface area contributed by atoms with Crippen molar-refractivity contribution in [3.8, 4) is 23.0 Å². The number of nitrogens with one attached hydrogen (secondary N) is 2. The number of esters is 1. The lowest BCUT2D eigenvalue weighted by Gasteiger charge is -2.38. The summed E-state index contributed by atoms with van der Waals surface area (Å²) in [7, 11) is 3.42. The number of hydrazone groups is 2. The van der Waals surface area contributed by atoms with E-state index in [1.807, 2.05) is 55.6 Å². The monoisotopic (exact) mass is 1130 g/mol. The Labute approximate surface area is 475 Å². The molecule has 5 aromatic rings. The molecule has 2 aromatic heterocycles. The number of rotatable bonds is 8. The standard InChI is InChI=1S/C43H58N4O12.C16H12ClN5/c1-21-12-11-13-22(2)42(55)45-33-28(20-44-47-17-15-46(9)16-18-47)37(52)30-31(38(33)53)36(51)26(6)40-32(30)41(54)43(8,59-40)57-19-14-29(56-10)23(3)39(58-27(7)48)25(5)35(50)24(4)34(21)49;17-14-9-10-15(20-19-14)21-22-16(12-6-2-1-3-7-12)13-8-4-5-11-18-13/h11-14,19-21,23-25,29,34-35,39,49-53H,15-18H2,1-10H3,(H,45,55);1-11H,(H,20,21)/b12-11+,19-14+,22-13-,44-20-;22-16+/t21-,23-,24-,25-,29+,34+,35+,39-,43+;/m1./s1. The number of carbonyl (C=O) groups excluding carboxylic acids is 3. The van der Waals surface area contributed by atoms with Crippen LogP contribution in [0.2, 0.25) is 5.15 Å². The van der Waals surface area contributed by atoms with Crippen LogP contribution in [0.5, 0.6) is 23.0 Å². The molecule has 430 valence electrons. The van der Waals surface area contributed by atoms with E-state index in [4.69, 9.17) is 30.5 Å². The van der Waals surface area contributed by atoms with E-state index < -0.39 is 88.8 Å². The van der Waals surface area contributed by atoms with Crippen LogP contribution in [0, 0.1) is 30.6 Å². The number of amides is 1. The number of anilines is 2. The third kappa shape index (κ3) is 13.8. The molecule has 21 nitrogen and oxygen atoms in total.